The second kappa shape index (κ2) is 10.2. The largest absolute Gasteiger partial charge is 0.379 e. The number of hydrogen-bond donors (Lipinski definition) is 2. The van der Waals surface area contributed by atoms with E-state index in [0.29, 0.717) is 25.5 Å². The summed E-state index contributed by atoms with van der Waals surface area (Å²) in [7, 11) is 0. The van der Waals surface area contributed by atoms with E-state index in [-0.39, 0.29) is 5.91 Å². The second-order valence-corrected chi connectivity index (χ2v) is 5.64. The minimum atomic E-state index is 0.146. The number of rotatable bonds is 12. The summed E-state index contributed by atoms with van der Waals surface area (Å²) in [4.78, 5) is 11.7. The molecule has 0 heterocycles. The van der Waals surface area contributed by atoms with Crippen molar-refractivity contribution < 1.29 is 9.53 Å². The van der Waals surface area contributed by atoms with Gasteiger partial charge in [0.25, 0.3) is 0 Å². The third-order valence-electron chi connectivity index (χ3n) is 3.67. The number of nitrogens with two attached hydrogens (primary N) is 1. The molecule has 1 rings (SSSR count). The summed E-state index contributed by atoms with van der Waals surface area (Å²) in [5.41, 5.74) is 5.59. The zero-order valence-corrected chi connectivity index (χ0v) is 12.3. The molecule has 0 aromatic rings. The summed E-state index contributed by atoms with van der Waals surface area (Å²) in [5, 5.41) is 2.92. The SMILES string of the molecule is CCCC(CCN)CCC(=O)NCCOCC1CC1. The summed E-state index contributed by atoms with van der Waals surface area (Å²) in [5.74, 6) is 1.54. The van der Waals surface area contributed by atoms with E-state index >= 15 is 0 Å². The van der Waals surface area contributed by atoms with Crippen molar-refractivity contribution in [3.8, 4) is 0 Å². The second-order valence-electron chi connectivity index (χ2n) is 5.64. The van der Waals surface area contributed by atoms with Gasteiger partial charge in [-0.05, 0) is 44.1 Å². The van der Waals surface area contributed by atoms with Gasteiger partial charge in [-0.25, -0.2) is 0 Å². The third-order valence-corrected chi connectivity index (χ3v) is 3.67. The van der Waals surface area contributed by atoms with Gasteiger partial charge >= 0.3 is 0 Å². The summed E-state index contributed by atoms with van der Waals surface area (Å²) in [6.07, 6.45) is 7.58. The lowest BCUT2D eigenvalue weighted by Crippen LogP contribution is -2.27. The van der Waals surface area contributed by atoms with Crippen LogP contribution in [0.3, 0.4) is 0 Å². The maximum absolute atomic E-state index is 11.7. The molecule has 4 nitrogen and oxygen atoms in total. The molecule has 112 valence electrons. The van der Waals surface area contributed by atoms with E-state index in [1.54, 1.807) is 0 Å². The number of nitrogens with one attached hydrogen (secondary N) is 1. The quantitative estimate of drug-likeness (QED) is 0.534. The number of carbonyl (C=O) groups is 1. The van der Waals surface area contributed by atoms with Crippen molar-refractivity contribution in [3.05, 3.63) is 0 Å². The predicted octanol–water partition coefficient (Wildman–Crippen LogP) is 2.07. The molecule has 0 saturated heterocycles. The Morgan fingerprint density at radius 3 is 2.79 bits per heavy atom. The van der Waals surface area contributed by atoms with Crippen LogP contribution < -0.4 is 11.1 Å². The minimum Gasteiger partial charge on any atom is -0.379 e. The van der Waals surface area contributed by atoms with Crippen LogP contribution in [-0.4, -0.2) is 32.2 Å². The van der Waals surface area contributed by atoms with Crippen LogP contribution in [0.1, 0.15) is 51.9 Å². The van der Waals surface area contributed by atoms with Crippen LogP contribution >= 0.6 is 0 Å². The Kier molecular flexibility index (Phi) is 8.84. The first-order chi connectivity index (χ1) is 9.26. The number of amides is 1. The van der Waals surface area contributed by atoms with E-state index in [2.05, 4.69) is 12.2 Å². The highest BCUT2D eigenvalue weighted by atomic mass is 16.5. The smallest absolute Gasteiger partial charge is 0.220 e. The van der Waals surface area contributed by atoms with Gasteiger partial charge in [-0.15, -0.1) is 0 Å². The Labute approximate surface area is 117 Å². The first kappa shape index (κ1) is 16.4. The molecule has 1 fully saturated rings. The topological polar surface area (TPSA) is 64.4 Å². The molecular weight excluding hydrogens is 240 g/mol. The van der Waals surface area contributed by atoms with Crippen LogP contribution in [0, 0.1) is 11.8 Å². The van der Waals surface area contributed by atoms with Crippen LogP contribution in [0.15, 0.2) is 0 Å². The Morgan fingerprint density at radius 2 is 2.16 bits per heavy atom. The molecule has 0 bridgehead atoms. The molecule has 1 atom stereocenters. The maximum Gasteiger partial charge on any atom is 0.220 e. The van der Waals surface area contributed by atoms with Gasteiger partial charge in [0.05, 0.1) is 6.61 Å². The normalized spacial score (nSPS) is 16.3. The average Bonchev–Trinajstić information content (AvgIpc) is 3.20. The van der Waals surface area contributed by atoms with Crippen molar-refractivity contribution in [1.82, 2.24) is 5.32 Å². The van der Waals surface area contributed by atoms with Crippen molar-refractivity contribution in [2.45, 2.75) is 51.9 Å². The van der Waals surface area contributed by atoms with Crippen LogP contribution in [0.5, 0.6) is 0 Å². The van der Waals surface area contributed by atoms with Crippen LogP contribution in [-0.2, 0) is 9.53 Å². The van der Waals surface area contributed by atoms with E-state index in [9.17, 15) is 4.79 Å². The molecule has 0 radical (unpaired) electrons. The zero-order valence-electron chi connectivity index (χ0n) is 12.3. The van der Waals surface area contributed by atoms with Crippen molar-refractivity contribution in [3.63, 3.8) is 0 Å². The molecule has 1 aliphatic rings. The van der Waals surface area contributed by atoms with Gasteiger partial charge in [-0.2, -0.15) is 0 Å². The van der Waals surface area contributed by atoms with Crippen molar-refractivity contribution in [2.24, 2.45) is 17.6 Å². The molecular formula is C15H30N2O2. The zero-order chi connectivity index (χ0) is 13.9. The average molecular weight is 270 g/mol. The van der Waals surface area contributed by atoms with Crippen molar-refractivity contribution in [1.29, 1.82) is 0 Å². The predicted molar refractivity (Wildman–Crippen MR) is 77.9 cm³/mol. The maximum atomic E-state index is 11.7. The molecule has 4 heteroatoms. The fourth-order valence-electron chi connectivity index (χ4n) is 2.30. The van der Waals surface area contributed by atoms with E-state index in [0.717, 1.165) is 31.9 Å². The molecule has 0 aromatic carbocycles. The Hall–Kier alpha value is -0.610. The van der Waals surface area contributed by atoms with Crippen molar-refractivity contribution in [2.75, 3.05) is 26.3 Å². The number of carbonyl (C=O) groups excluding carboxylic acids is 1. The third kappa shape index (κ3) is 9.00. The summed E-state index contributed by atoms with van der Waals surface area (Å²) in [6, 6.07) is 0. The van der Waals surface area contributed by atoms with Gasteiger partial charge in [0, 0.05) is 19.6 Å². The standard InChI is InChI=1S/C15H30N2O2/c1-2-3-13(8-9-16)6-7-15(18)17-10-11-19-12-14-4-5-14/h13-14H,2-12,16H2,1H3,(H,17,18). The first-order valence-electron chi connectivity index (χ1n) is 7.80. The molecule has 19 heavy (non-hydrogen) atoms. The Bertz CT molecular complexity index is 236. The van der Waals surface area contributed by atoms with Gasteiger partial charge < -0.3 is 15.8 Å². The van der Waals surface area contributed by atoms with E-state index in [1.165, 1.54) is 25.7 Å². The van der Waals surface area contributed by atoms with Crippen LogP contribution in [0.2, 0.25) is 0 Å². The van der Waals surface area contributed by atoms with Crippen LogP contribution in [0.25, 0.3) is 0 Å². The Balaban J connectivity index is 1.95. The fourth-order valence-corrected chi connectivity index (χ4v) is 2.30. The molecule has 0 aliphatic heterocycles. The van der Waals surface area contributed by atoms with Gasteiger partial charge in [-0.1, -0.05) is 19.8 Å². The lowest BCUT2D eigenvalue weighted by molar-refractivity contribution is -0.121. The van der Waals surface area contributed by atoms with Gasteiger partial charge in [-0.3, -0.25) is 4.79 Å². The fraction of sp³-hybridized carbons (Fsp3) is 0.933. The summed E-state index contributed by atoms with van der Waals surface area (Å²) < 4.78 is 5.48. The monoisotopic (exact) mass is 270 g/mol. The minimum absolute atomic E-state index is 0.146. The van der Waals surface area contributed by atoms with E-state index in [1.807, 2.05) is 0 Å². The highest BCUT2D eigenvalue weighted by molar-refractivity contribution is 5.75. The number of ether oxygens (including phenoxy) is 1. The molecule has 0 aromatic heterocycles. The van der Waals surface area contributed by atoms with Gasteiger partial charge in [0.2, 0.25) is 5.91 Å². The summed E-state index contributed by atoms with van der Waals surface area (Å²) >= 11 is 0. The molecule has 1 amide bonds. The van der Waals surface area contributed by atoms with Gasteiger partial charge in [0.15, 0.2) is 0 Å². The van der Waals surface area contributed by atoms with E-state index in [4.69, 9.17) is 10.5 Å². The van der Waals surface area contributed by atoms with Crippen molar-refractivity contribution >= 4 is 5.91 Å². The number of hydrogen-bond acceptors (Lipinski definition) is 3. The molecule has 1 saturated carbocycles. The van der Waals surface area contributed by atoms with Crippen LogP contribution in [0.4, 0.5) is 0 Å². The molecule has 3 N–H and O–H groups in total. The molecule has 0 spiro atoms. The lowest BCUT2D eigenvalue weighted by Gasteiger charge is -2.14. The highest BCUT2D eigenvalue weighted by Crippen LogP contribution is 2.28. The van der Waals surface area contributed by atoms with Gasteiger partial charge in [0.1, 0.15) is 0 Å². The lowest BCUT2D eigenvalue weighted by atomic mass is 9.94. The molecule has 1 aliphatic carbocycles. The first-order valence-corrected chi connectivity index (χ1v) is 7.80. The Morgan fingerprint density at radius 1 is 1.37 bits per heavy atom. The highest BCUT2D eigenvalue weighted by Gasteiger charge is 2.20. The summed E-state index contributed by atoms with van der Waals surface area (Å²) in [6.45, 7) is 5.05. The molecule has 1 unspecified atom stereocenters. The van der Waals surface area contributed by atoms with E-state index < -0.39 is 0 Å².